The summed E-state index contributed by atoms with van der Waals surface area (Å²) < 4.78 is 1.76. The molecule has 1 aromatic carbocycles. The zero-order chi connectivity index (χ0) is 12.7. The van der Waals surface area contributed by atoms with Gasteiger partial charge in [-0.2, -0.15) is 5.10 Å². The van der Waals surface area contributed by atoms with Crippen LogP contribution in [0.2, 0.25) is 0 Å². The molecule has 2 aromatic heterocycles. The maximum atomic E-state index is 11.2. The third kappa shape index (κ3) is 1.54. The van der Waals surface area contributed by atoms with Crippen molar-refractivity contribution in [2.24, 2.45) is 12.8 Å². The van der Waals surface area contributed by atoms with Crippen LogP contribution in [0.25, 0.3) is 22.2 Å². The Morgan fingerprint density at radius 1 is 1.33 bits per heavy atom. The molecule has 6 heteroatoms. The maximum Gasteiger partial charge on any atom is 0.323 e. The van der Waals surface area contributed by atoms with Crippen molar-refractivity contribution < 1.29 is 0 Å². The SMILES string of the molecule is Cn1ncc(-c2ccc3[nH]c(=O)[nH]c3c2)c1CN. The third-order valence-corrected chi connectivity index (χ3v) is 3.08. The fraction of sp³-hybridized carbons (Fsp3) is 0.167. The predicted octanol–water partition coefficient (Wildman–Crippen LogP) is 0.715. The standard InChI is InChI=1S/C12H13N5O/c1-17-11(5-13)8(6-14-17)7-2-3-9-10(4-7)16-12(18)15-9/h2-4,6H,5,13H2,1H3,(H2,15,16,18). The van der Waals surface area contributed by atoms with E-state index in [0.717, 1.165) is 27.9 Å². The van der Waals surface area contributed by atoms with E-state index in [0.29, 0.717) is 6.54 Å². The van der Waals surface area contributed by atoms with E-state index in [4.69, 9.17) is 5.73 Å². The van der Waals surface area contributed by atoms with E-state index in [1.807, 2.05) is 25.2 Å². The third-order valence-electron chi connectivity index (χ3n) is 3.08. The summed E-state index contributed by atoms with van der Waals surface area (Å²) >= 11 is 0. The van der Waals surface area contributed by atoms with E-state index in [9.17, 15) is 4.79 Å². The van der Waals surface area contributed by atoms with Gasteiger partial charge >= 0.3 is 5.69 Å². The number of aryl methyl sites for hydroxylation is 1. The van der Waals surface area contributed by atoms with E-state index in [1.165, 1.54) is 0 Å². The van der Waals surface area contributed by atoms with Crippen molar-refractivity contribution in [2.45, 2.75) is 6.54 Å². The second-order valence-corrected chi connectivity index (χ2v) is 4.17. The minimum absolute atomic E-state index is 0.201. The fourth-order valence-electron chi connectivity index (χ4n) is 2.15. The second kappa shape index (κ2) is 3.85. The molecule has 92 valence electrons. The van der Waals surface area contributed by atoms with Gasteiger partial charge in [0.05, 0.1) is 22.9 Å². The van der Waals surface area contributed by atoms with E-state index < -0.39 is 0 Å². The number of H-pyrrole nitrogens is 2. The molecule has 0 saturated carbocycles. The van der Waals surface area contributed by atoms with Gasteiger partial charge in [0.1, 0.15) is 0 Å². The van der Waals surface area contributed by atoms with Crippen LogP contribution in [0, 0.1) is 0 Å². The van der Waals surface area contributed by atoms with Gasteiger partial charge in [-0.25, -0.2) is 4.79 Å². The van der Waals surface area contributed by atoms with Crippen LogP contribution in [0.4, 0.5) is 0 Å². The first-order valence-electron chi connectivity index (χ1n) is 5.62. The average molecular weight is 243 g/mol. The molecule has 3 aromatic rings. The minimum Gasteiger partial charge on any atom is -0.325 e. The lowest BCUT2D eigenvalue weighted by atomic mass is 10.1. The molecule has 0 aliphatic rings. The molecule has 0 fully saturated rings. The highest BCUT2D eigenvalue weighted by Gasteiger charge is 2.10. The van der Waals surface area contributed by atoms with Crippen molar-refractivity contribution in [1.29, 1.82) is 0 Å². The first-order chi connectivity index (χ1) is 8.69. The normalized spacial score (nSPS) is 11.2. The van der Waals surface area contributed by atoms with Crippen LogP contribution in [0.15, 0.2) is 29.2 Å². The zero-order valence-corrected chi connectivity index (χ0v) is 9.90. The molecule has 0 saturated heterocycles. The number of fused-ring (bicyclic) bond motifs is 1. The smallest absolute Gasteiger partial charge is 0.323 e. The van der Waals surface area contributed by atoms with Crippen molar-refractivity contribution in [3.63, 3.8) is 0 Å². The van der Waals surface area contributed by atoms with Gasteiger partial charge in [-0.15, -0.1) is 0 Å². The van der Waals surface area contributed by atoms with Gasteiger partial charge in [-0.3, -0.25) is 4.68 Å². The van der Waals surface area contributed by atoms with Crippen LogP contribution in [0.1, 0.15) is 5.69 Å². The van der Waals surface area contributed by atoms with Crippen LogP contribution >= 0.6 is 0 Å². The quantitative estimate of drug-likeness (QED) is 0.619. The number of hydrogen-bond acceptors (Lipinski definition) is 3. The van der Waals surface area contributed by atoms with E-state index in [2.05, 4.69) is 15.1 Å². The van der Waals surface area contributed by atoms with Gasteiger partial charge in [0, 0.05) is 19.2 Å². The lowest BCUT2D eigenvalue weighted by Gasteiger charge is -2.03. The van der Waals surface area contributed by atoms with Crippen molar-refractivity contribution >= 4 is 11.0 Å². The lowest BCUT2D eigenvalue weighted by Crippen LogP contribution is -2.05. The Morgan fingerprint density at radius 3 is 2.89 bits per heavy atom. The summed E-state index contributed by atoms with van der Waals surface area (Å²) in [6.45, 7) is 0.424. The van der Waals surface area contributed by atoms with E-state index >= 15 is 0 Å². The van der Waals surface area contributed by atoms with Crippen molar-refractivity contribution in [3.05, 3.63) is 40.6 Å². The van der Waals surface area contributed by atoms with Crippen LogP contribution in [0.5, 0.6) is 0 Å². The monoisotopic (exact) mass is 243 g/mol. The molecule has 0 unspecified atom stereocenters. The maximum absolute atomic E-state index is 11.2. The number of hydrogen-bond donors (Lipinski definition) is 3. The van der Waals surface area contributed by atoms with Crippen LogP contribution < -0.4 is 11.4 Å². The Bertz CT molecular complexity index is 764. The van der Waals surface area contributed by atoms with Gasteiger partial charge in [0.15, 0.2) is 0 Å². The number of aromatic nitrogens is 4. The Balaban J connectivity index is 2.21. The van der Waals surface area contributed by atoms with Crippen LogP contribution in [-0.2, 0) is 13.6 Å². The summed E-state index contributed by atoms with van der Waals surface area (Å²) in [7, 11) is 1.86. The van der Waals surface area contributed by atoms with Gasteiger partial charge in [-0.1, -0.05) is 6.07 Å². The number of nitrogens with zero attached hydrogens (tertiary/aromatic N) is 2. The van der Waals surface area contributed by atoms with Crippen molar-refractivity contribution in [1.82, 2.24) is 19.7 Å². The molecule has 0 spiro atoms. The molecular weight excluding hydrogens is 230 g/mol. The van der Waals surface area contributed by atoms with Gasteiger partial charge in [0.25, 0.3) is 0 Å². The highest BCUT2D eigenvalue weighted by Crippen LogP contribution is 2.25. The van der Waals surface area contributed by atoms with E-state index in [-0.39, 0.29) is 5.69 Å². The molecule has 2 heterocycles. The predicted molar refractivity (Wildman–Crippen MR) is 69.0 cm³/mol. The summed E-state index contributed by atoms with van der Waals surface area (Å²) in [5.41, 5.74) is 10.0. The molecule has 0 bridgehead atoms. The van der Waals surface area contributed by atoms with Gasteiger partial charge in [-0.05, 0) is 17.7 Å². The summed E-state index contributed by atoms with van der Waals surface area (Å²) in [6.07, 6.45) is 1.79. The number of rotatable bonds is 2. The molecule has 0 aliphatic carbocycles. The van der Waals surface area contributed by atoms with Gasteiger partial charge in [0.2, 0.25) is 0 Å². The minimum atomic E-state index is -0.201. The molecule has 0 atom stereocenters. The Hall–Kier alpha value is -2.34. The Kier molecular flexibility index (Phi) is 2.31. The average Bonchev–Trinajstić information content (AvgIpc) is 2.89. The second-order valence-electron chi connectivity index (χ2n) is 4.17. The Morgan fingerprint density at radius 2 is 2.11 bits per heavy atom. The molecule has 0 radical (unpaired) electrons. The molecule has 4 N–H and O–H groups in total. The number of nitrogens with one attached hydrogen (secondary N) is 2. The number of nitrogens with two attached hydrogens (primary N) is 1. The fourth-order valence-corrected chi connectivity index (χ4v) is 2.15. The molecular formula is C12H13N5O. The number of imidazole rings is 1. The van der Waals surface area contributed by atoms with Gasteiger partial charge < -0.3 is 15.7 Å². The Labute approximate surface area is 102 Å². The first-order valence-corrected chi connectivity index (χ1v) is 5.62. The first kappa shape index (κ1) is 10.8. The largest absolute Gasteiger partial charge is 0.325 e. The van der Waals surface area contributed by atoms with Crippen molar-refractivity contribution in [2.75, 3.05) is 0 Å². The highest BCUT2D eigenvalue weighted by molar-refractivity contribution is 5.81. The number of aromatic amines is 2. The molecule has 18 heavy (non-hydrogen) atoms. The molecule has 3 rings (SSSR count). The molecule has 0 amide bonds. The summed E-state index contributed by atoms with van der Waals surface area (Å²) in [4.78, 5) is 16.7. The zero-order valence-electron chi connectivity index (χ0n) is 9.90. The van der Waals surface area contributed by atoms with Crippen LogP contribution in [0.3, 0.4) is 0 Å². The van der Waals surface area contributed by atoms with Crippen LogP contribution in [-0.4, -0.2) is 19.7 Å². The molecule has 6 nitrogen and oxygen atoms in total. The summed E-state index contributed by atoms with van der Waals surface area (Å²) in [5, 5.41) is 4.21. The summed E-state index contributed by atoms with van der Waals surface area (Å²) in [6, 6.07) is 5.74. The number of benzene rings is 1. The summed E-state index contributed by atoms with van der Waals surface area (Å²) in [5.74, 6) is 0. The van der Waals surface area contributed by atoms with E-state index in [1.54, 1.807) is 10.9 Å². The molecule has 0 aliphatic heterocycles. The lowest BCUT2D eigenvalue weighted by molar-refractivity contribution is 0.713. The highest BCUT2D eigenvalue weighted by atomic mass is 16.1. The topological polar surface area (TPSA) is 92.5 Å². The van der Waals surface area contributed by atoms with Crippen molar-refractivity contribution in [3.8, 4) is 11.1 Å².